The lowest BCUT2D eigenvalue weighted by Gasteiger charge is -2.23. The molecule has 1 unspecified atom stereocenters. The van der Waals surface area contributed by atoms with Crippen molar-refractivity contribution in [3.05, 3.63) is 35.0 Å². The minimum absolute atomic E-state index is 0.684. The smallest absolute Gasteiger partial charge is 0.0512 e. The summed E-state index contributed by atoms with van der Waals surface area (Å²) in [5, 5.41) is 5.00. The van der Waals surface area contributed by atoms with Crippen molar-refractivity contribution < 1.29 is 0 Å². The molecule has 3 rings (SSSR count). The van der Waals surface area contributed by atoms with E-state index in [1.54, 1.807) is 5.56 Å². The van der Waals surface area contributed by atoms with Gasteiger partial charge >= 0.3 is 0 Å². The SMILES string of the molecule is Cc1cccc2c(C3CCCNC3)c(C)n(C)c12. The minimum atomic E-state index is 0.684. The zero-order valence-corrected chi connectivity index (χ0v) is 11.6. The van der Waals surface area contributed by atoms with Gasteiger partial charge in [0.05, 0.1) is 5.52 Å². The van der Waals surface area contributed by atoms with E-state index in [1.807, 2.05) is 0 Å². The minimum Gasteiger partial charge on any atom is -0.347 e. The second-order valence-electron chi connectivity index (χ2n) is 5.57. The normalized spacial score (nSPS) is 20.5. The van der Waals surface area contributed by atoms with Crippen molar-refractivity contribution in [1.82, 2.24) is 9.88 Å². The highest BCUT2D eigenvalue weighted by atomic mass is 15.0. The first-order chi connectivity index (χ1) is 8.70. The predicted octanol–water partition coefficient (Wildman–Crippen LogP) is 3.26. The van der Waals surface area contributed by atoms with Gasteiger partial charge in [-0.1, -0.05) is 18.2 Å². The number of piperidine rings is 1. The summed E-state index contributed by atoms with van der Waals surface area (Å²) < 4.78 is 2.37. The number of aryl methyl sites for hydroxylation is 2. The third-order valence-electron chi connectivity index (χ3n) is 4.46. The number of nitrogens with one attached hydrogen (secondary N) is 1. The molecule has 0 amide bonds. The average Bonchev–Trinajstić information content (AvgIpc) is 2.64. The summed E-state index contributed by atoms with van der Waals surface area (Å²) in [4.78, 5) is 0. The van der Waals surface area contributed by atoms with Crippen LogP contribution >= 0.6 is 0 Å². The van der Waals surface area contributed by atoms with E-state index in [0.717, 1.165) is 6.54 Å². The lowest BCUT2D eigenvalue weighted by Crippen LogP contribution is -2.28. The summed E-state index contributed by atoms with van der Waals surface area (Å²) in [6.07, 6.45) is 2.62. The van der Waals surface area contributed by atoms with Crippen LogP contribution in [0.2, 0.25) is 0 Å². The number of hydrogen-bond donors (Lipinski definition) is 1. The molecular weight excluding hydrogens is 220 g/mol. The summed E-state index contributed by atoms with van der Waals surface area (Å²) in [5.41, 5.74) is 5.81. The first kappa shape index (κ1) is 11.8. The van der Waals surface area contributed by atoms with Crippen molar-refractivity contribution in [2.24, 2.45) is 7.05 Å². The van der Waals surface area contributed by atoms with Crippen LogP contribution in [-0.2, 0) is 7.05 Å². The zero-order valence-electron chi connectivity index (χ0n) is 11.6. The molecule has 1 aromatic carbocycles. The number of rotatable bonds is 1. The van der Waals surface area contributed by atoms with E-state index < -0.39 is 0 Å². The summed E-state index contributed by atoms with van der Waals surface area (Å²) >= 11 is 0. The number of benzene rings is 1. The van der Waals surface area contributed by atoms with Crippen LogP contribution in [0.1, 0.15) is 35.6 Å². The maximum absolute atomic E-state index is 3.54. The molecule has 0 bridgehead atoms. The highest BCUT2D eigenvalue weighted by molar-refractivity contribution is 5.88. The molecular formula is C16H22N2. The number of aromatic nitrogens is 1. The third kappa shape index (κ3) is 1.67. The third-order valence-corrected chi connectivity index (χ3v) is 4.46. The molecule has 96 valence electrons. The Morgan fingerprint density at radius 2 is 2.11 bits per heavy atom. The Morgan fingerprint density at radius 3 is 2.83 bits per heavy atom. The van der Waals surface area contributed by atoms with Crippen LogP contribution in [0.5, 0.6) is 0 Å². The van der Waals surface area contributed by atoms with Crippen molar-refractivity contribution in [2.45, 2.75) is 32.6 Å². The lowest BCUT2D eigenvalue weighted by molar-refractivity contribution is 0.461. The first-order valence-electron chi connectivity index (χ1n) is 6.95. The van der Waals surface area contributed by atoms with Gasteiger partial charge in [-0.05, 0) is 50.3 Å². The molecule has 0 spiro atoms. The van der Waals surface area contributed by atoms with Crippen LogP contribution in [0.4, 0.5) is 0 Å². The predicted molar refractivity (Wildman–Crippen MR) is 77.2 cm³/mol. The number of hydrogen-bond acceptors (Lipinski definition) is 1. The Hall–Kier alpha value is -1.28. The van der Waals surface area contributed by atoms with Crippen LogP contribution in [0.15, 0.2) is 18.2 Å². The Morgan fingerprint density at radius 1 is 1.28 bits per heavy atom. The molecule has 2 heterocycles. The molecule has 0 saturated carbocycles. The van der Waals surface area contributed by atoms with E-state index in [9.17, 15) is 0 Å². The first-order valence-corrected chi connectivity index (χ1v) is 6.95. The van der Waals surface area contributed by atoms with Crippen molar-refractivity contribution in [3.8, 4) is 0 Å². The molecule has 1 saturated heterocycles. The summed E-state index contributed by atoms with van der Waals surface area (Å²) in [5.74, 6) is 0.684. The number of fused-ring (bicyclic) bond motifs is 1. The highest BCUT2D eigenvalue weighted by Crippen LogP contribution is 2.35. The molecule has 0 radical (unpaired) electrons. The molecule has 1 N–H and O–H groups in total. The van der Waals surface area contributed by atoms with Gasteiger partial charge in [0.15, 0.2) is 0 Å². The van der Waals surface area contributed by atoms with Crippen molar-refractivity contribution in [1.29, 1.82) is 0 Å². The number of para-hydroxylation sites is 1. The fourth-order valence-corrected chi connectivity index (χ4v) is 3.48. The van der Waals surface area contributed by atoms with E-state index in [4.69, 9.17) is 0 Å². The summed E-state index contributed by atoms with van der Waals surface area (Å²) in [7, 11) is 2.20. The number of nitrogens with zero attached hydrogens (tertiary/aromatic N) is 1. The van der Waals surface area contributed by atoms with Crippen LogP contribution in [0, 0.1) is 13.8 Å². The van der Waals surface area contributed by atoms with Gasteiger partial charge < -0.3 is 9.88 Å². The van der Waals surface area contributed by atoms with Gasteiger partial charge in [0.1, 0.15) is 0 Å². The fraction of sp³-hybridized carbons (Fsp3) is 0.500. The Kier molecular flexibility index (Phi) is 2.90. The van der Waals surface area contributed by atoms with E-state index in [-0.39, 0.29) is 0 Å². The van der Waals surface area contributed by atoms with Crippen LogP contribution in [-0.4, -0.2) is 17.7 Å². The van der Waals surface area contributed by atoms with Crippen LogP contribution in [0.25, 0.3) is 10.9 Å². The van der Waals surface area contributed by atoms with Crippen molar-refractivity contribution in [3.63, 3.8) is 0 Å². The van der Waals surface area contributed by atoms with Crippen LogP contribution in [0.3, 0.4) is 0 Å². The van der Waals surface area contributed by atoms with Gasteiger partial charge in [0.2, 0.25) is 0 Å². The molecule has 1 aliphatic heterocycles. The van der Waals surface area contributed by atoms with Crippen LogP contribution < -0.4 is 5.32 Å². The van der Waals surface area contributed by atoms with Gasteiger partial charge in [0.25, 0.3) is 0 Å². The fourth-order valence-electron chi connectivity index (χ4n) is 3.48. The molecule has 2 nitrogen and oxygen atoms in total. The molecule has 2 aromatic rings. The van der Waals surface area contributed by atoms with Gasteiger partial charge in [-0.2, -0.15) is 0 Å². The molecule has 1 aromatic heterocycles. The van der Waals surface area contributed by atoms with Gasteiger partial charge in [-0.3, -0.25) is 0 Å². The second-order valence-corrected chi connectivity index (χ2v) is 5.57. The molecule has 1 atom stereocenters. The monoisotopic (exact) mass is 242 g/mol. The second kappa shape index (κ2) is 4.43. The van der Waals surface area contributed by atoms with E-state index in [0.29, 0.717) is 5.92 Å². The average molecular weight is 242 g/mol. The molecule has 2 heteroatoms. The van der Waals surface area contributed by atoms with Gasteiger partial charge in [0, 0.05) is 24.7 Å². The summed E-state index contributed by atoms with van der Waals surface area (Å²) in [6, 6.07) is 6.70. The van der Waals surface area contributed by atoms with E-state index >= 15 is 0 Å². The standard InChI is InChI=1S/C16H22N2/c1-11-6-4-8-14-15(12(2)18(3)16(11)14)13-7-5-9-17-10-13/h4,6,8,13,17H,5,7,9-10H2,1-3H3. The van der Waals surface area contributed by atoms with E-state index in [2.05, 4.69) is 49.0 Å². The Labute approximate surface area is 109 Å². The van der Waals surface area contributed by atoms with Crippen molar-refractivity contribution in [2.75, 3.05) is 13.1 Å². The maximum Gasteiger partial charge on any atom is 0.0512 e. The largest absolute Gasteiger partial charge is 0.347 e. The quantitative estimate of drug-likeness (QED) is 0.812. The summed E-state index contributed by atoms with van der Waals surface area (Å²) in [6.45, 7) is 6.79. The molecule has 0 aliphatic carbocycles. The van der Waals surface area contributed by atoms with E-state index in [1.165, 1.54) is 41.5 Å². The molecule has 18 heavy (non-hydrogen) atoms. The lowest BCUT2D eigenvalue weighted by atomic mass is 9.89. The topological polar surface area (TPSA) is 17.0 Å². The molecule has 1 aliphatic rings. The Bertz CT molecular complexity index is 574. The van der Waals surface area contributed by atoms with Gasteiger partial charge in [-0.15, -0.1) is 0 Å². The highest BCUT2D eigenvalue weighted by Gasteiger charge is 2.22. The van der Waals surface area contributed by atoms with Crippen molar-refractivity contribution >= 4 is 10.9 Å². The molecule has 1 fully saturated rings. The van der Waals surface area contributed by atoms with Gasteiger partial charge in [-0.25, -0.2) is 0 Å². The maximum atomic E-state index is 3.54. The Balaban J connectivity index is 2.22. The zero-order chi connectivity index (χ0) is 12.7.